The standard InChI is InChI=1S/C20H21Cl2NO3/c1-13(2)19(23-18(24)11-14-6-4-3-5-7-14)20(25)26-12-15-8-9-16(21)17(22)10-15/h3-10,13,19H,11-12H2,1-2H3,(H,23,24)/t19-/m0/s1. The summed E-state index contributed by atoms with van der Waals surface area (Å²) in [5, 5.41) is 3.60. The normalized spacial score (nSPS) is 11.9. The van der Waals surface area contributed by atoms with Crippen molar-refractivity contribution in [2.75, 3.05) is 0 Å². The number of carbonyl (C=O) groups is 2. The Hall–Kier alpha value is -2.04. The summed E-state index contributed by atoms with van der Waals surface area (Å²) in [6.45, 7) is 3.77. The number of carbonyl (C=O) groups excluding carboxylic acids is 2. The van der Waals surface area contributed by atoms with Crippen LogP contribution < -0.4 is 5.32 Å². The van der Waals surface area contributed by atoms with Gasteiger partial charge in [-0.15, -0.1) is 0 Å². The van der Waals surface area contributed by atoms with E-state index in [0.29, 0.717) is 10.0 Å². The van der Waals surface area contributed by atoms with Crippen molar-refractivity contribution in [2.45, 2.75) is 32.9 Å². The highest BCUT2D eigenvalue weighted by Crippen LogP contribution is 2.23. The molecule has 0 saturated carbocycles. The van der Waals surface area contributed by atoms with Gasteiger partial charge in [0.05, 0.1) is 16.5 Å². The average molecular weight is 394 g/mol. The lowest BCUT2D eigenvalue weighted by Crippen LogP contribution is -2.45. The lowest BCUT2D eigenvalue weighted by Gasteiger charge is -2.21. The minimum Gasteiger partial charge on any atom is -0.459 e. The fourth-order valence-corrected chi connectivity index (χ4v) is 2.70. The van der Waals surface area contributed by atoms with Gasteiger partial charge in [0, 0.05) is 0 Å². The Balaban J connectivity index is 1.93. The van der Waals surface area contributed by atoms with Gasteiger partial charge < -0.3 is 10.1 Å². The van der Waals surface area contributed by atoms with Gasteiger partial charge in [0.1, 0.15) is 12.6 Å². The molecule has 4 nitrogen and oxygen atoms in total. The molecule has 2 aromatic carbocycles. The van der Waals surface area contributed by atoms with Gasteiger partial charge in [-0.1, -0.05) is 73.4 Å². The minimum atomic E-state index is -0.714. The third kappa shape index (κ3) is 6.04. The molecule has 2 rings (SSSR count). The molecule has 2 aromatic rings. The fourth-order valence-electron chi connectivity index (χ4n) is 2.38. The zero-order valence-corrected chi connectivity index (χ0v) is 16.2. The molecule has 0 unspecified atom stereocenters. The summed E-state index contributed by atoms with van der Waals surface area (Å²) in [7, 11) is 0. The van der Waals surface area contributed by atoms with E-state index in [9.17, 15) is 9.59 Å². The lowest BCUT2D eigenvalue weighted by atomic mass is 10.0. The number of amides is 1. The van der Waals surface area contributed by atoms with Crippen molar-refractivity contribution >= 4 is 35.1 Å². The average Bonchev–Trinajstić information content (AvgIpc) is 2.61. The molecule has 138 valence electrons. The summed E-state index contributed by atoms with van der Waals surface area (Å²) in [5.74, 6) is -0.801. The van der Waals surface area contributed by atoms with Gasteiger partial charge in [-0.05, 0) is 29.2 Å². The number of nitrogens with one attached hydrogen (secondary N) is 1. The van der Waals surface area contributed by atoms with Crippen LogP contribution in [0.4, 0.5) is 0 Å². The maximum absolute atomic E-state index is 12.4. The predicted octanol–water partition coefficient (Wildman–Crippen LogP) is 4.42. The summed E-state index contributed by atoms with van der Waals surface area (Å²) in [6, 6.07) is 13.7. The summed E-state index contributed by atoms with van der Waals surface area (Å²) in [4.78, 5) is 24.6. The Morgan fingerprint density at radius 1 is 1.00 bits per heavy atom. The Morgan fingerprint density at radius 3 is 2.31 bits per heavy atom. The Bertz CT molecular complexity index is 763. The molecule has 0 aliphatic carbocycles. The van der Waals surface area contributed by atoms with Crippen LogP contribution in [0.5, 0.6) is 0 Å². The summed E-state index contributed by atoms with van der Waals surface area (Å²) >= 11 is 11.8. The van der Waals surface area contributed by atoms with Crippen LogP contribution in [0.3, 0.4) is 0 Å². The number of ether oxygens (including phenoxy) is 1. The van der Waals surface area contributed by atoms with Crippen molar-refractivity contribution < 1.29 is 14.3 Å². The van der Waals surface area contributed by atoms with Crippen LogP contribution in [0, 0.1) is 5.92 Å². The minimum absolute atomic E-state index is 0.0630. The van der Waals surface area contributed by atoms with E-state index in [4.69, 9.17) is 27.9 Å². The smallest absolute Gasteiger partial charge is 0.329 e. The lowest BCUT2D eigenvalue weighted by molar-refractivity contribution is -0.150. The highest BCUT2D eigenvalue weighted by atomic mass is 35.5. The van der Waals surface area contributed by atoms with Crippen molar-refractivity contribution in [1.29, 1.82) is 0 Å². The van der Waals surface area contributed by atoms with Crippen LogP contribution in [-0.2, 0) is 27.4 Å². The number of halogens is 2. The summed E-state index contributed by atoms with van der Waals surface area (Å²) in [6.07, 6.45) is 0.212. The van der Waals surface area contributed by atoms with Crippen molar-refractivity contribution in [1.82, 2.24) is 5.32 Å². The van der Waals surface area contributed by atoms with E-state index in [2.05, 4.69) is 5.32 Å². The zero-order chi connectivity index (χ0) is 19.1. The second-order valence-electron chi connectivity index (χ2n) is 6.31. The van der Waals surface area contributed by atoms with E-state index in [1.807, 2.05) is 44.2 Å². The fraction of sp³-hybridized carbons (Fsp3) is 0.300. The highest BCUT2D eigenvalue weighted by molar-refractivity contribution is 6.42. The van der Waals surface area contributed by atoms with Crippen LogP contribution in [-0.4, -0.2) is 17.9 Å². The molecule has 0 aromatic heterocycles. The van der Waals surface area contributed by atoms with Gasteiger partial charge in [0.15, 0.2) is 0 Å². The van der Waals surface area contributed by atoms with E-state index in [1.165, 1.54) is 0 Å². The molecule has 0 spiro atoms. The molecule has 0 aliphatic rings. The van der Waals surface area contributed by atoms with E-state index < -0.39 is 12.0 Å². The first-order valence-electron chi connectivity index (χ1n) is 8.30. The molecule has 0 bridgehead atoms. The molecule has 1 amide bonds. The highest BCUT2D eigenvalue weighted by Gasteiger charge is 2.25. The molecule has 0 fully saturated rings. The third-order valence-corrected chi connectivity index (χ3v) is 4.55. The first-order valence-corrected chi connectivity index (χ1v) is 9.06. The van der Waals surface area contributed by atoms with Crippen LogP contribution in [0.15, 0.2) is 48.5 Å². The number of esters is 1. The van der Waals surface area contributed by atoms with Crippen molar-refractivity contribution in [2.24, 2.45) is 5.92 Å². The maximum Gasteiger partial charge on any atom is 0.329 e. The SMILES string of the molecule is CC(C)[C@H](NC(=O)Cc1ccccc1)C(=O)OCc1ccc(Cl)c(Cl)c1. The predicted molar refractivity (Wildman–Crippen MR) is 103 cm³/mol. The molecule has 0 radical (unpaired) electrons. The van der Waals surface area contributed by atoms with Gasteiger partial charge >= 0.3 is 5.97 Å². The van der Waals surface area contributed by atoms with Gasteiger partial charge in [-0.3, -0.25) is 4.79 Å². The van der Waals surface area contributed by atoms with Gasteiger partial charge in [-0.25, -0.2) is 4.79 Å². The number of hydrogen-bond acceptors (Lipinski definition) is 3. The van der Waals surface area contributed by atoms with Gasteiger partial charge in [-0.2, -0.15) is 0 Å². The molecule has 0 heterocycles. The number of benzene rings is 2. The summed E-state index contributed by atoms with van der Waals surface area (Å²) < 4.78 is 5.34. The molecule has 1 N–H and O–H groups in total. The second kappa shape index (κ2) is 9.60. The topological polar surface area (TPSA) is 55.4 Å². The first-order chi connectivity index (χ1) is 12.4. The molecular formula is C20H21Cl2NO3. The Morgan fingerprint density at radius 2 is 1.69 bits per heavy atom. The van der Waals surface area contributed by atoms with Crippen molar-refractivity contribution in [3.05, 3.63) is 69.7 Å². The largest absolute Gasteiger partial charge is 0.459 e. The Labute approximate surface area is 163 Å². The van der Waals surface area contributed by atoms with E-state index in [0.717, 1.165) is 11.1 Å². The molecule has 0 saturated heterocycles. The van der Waals surface area contributed by atoms with E-state index in [1.54, 1.807) is 18.2 Å². The van der Waals surface area contributed by atoms with Crippen LogP contribution in [0.25, 0.3) is 0 Å². The van der Waals surface area contributed by atoms with E-state index in [-0.39, 0.29) is 24.9 Å². The monoisotopic (exact) mass is 393 g/mol. The van der Waals surface area contributed by atoms with E-state index >= 15 is 0 Å². The molecular weight excluding hydrogens is 373 g/mol. The molecule has 0 aliphatic heterocycles. The Kier molecular flexibility index (Phi) is 7.49. The quantitative estimate of drug-likeness (QED) is 0.708. The first kappa shape index (κ1) is 20.3. The van der Waals surface area contributed by atoms with Crippen molar-refractivity contribution in [3.8, 4) is 0 Å². The molecule has 6 heteroatoms. The second-order valence-corrected chi connectivity index (χ2v) is 7.12. The molecule has 1 atom stereocenters. The van der Waals surface area contributed by atoms with Gasteiger partial charge in [0.25, 0.3) is 0 Å². The third-order valence-electron chi connectivity index (χ3n) is 3.81. The number of hydrogen-bond donors (Lipinski definition) is 1. The van der Waals surface area contributed by atoms with Crippen LogP contribution in [0.1, 0.15) is 25.0 Å². The zero-order valence-electron chi connectivity index (χ0n) is 14.7. The summed E-state index contributed by atoms with van der Waals surface area (Å²) in [5.41, 5.74) is 1.61. The van der Waals surface area contributed by atoms with Crippen LogP contribution >= 0.6 is 23.2 Å². The van der Waals surface area contributed by atoms with Crippen LogP contribution in [0.2, 0.25) is 10.0 Å². The van der Waals surface area contributed by atoms with Gasteiger partial charge in [0.2, 0.25) is 5.91 Å². The van der Waals surface area contributed by atoms with Crippen molar-refractivity contribution in [3.63, 3.8) is 0 Å². The number of rotatable bonds is 7. The maximum atomic E-state index is 12.4. The molecule has 26 heavy (non-hydrogen) atoms.